The number of hydrogen-bond acceptors (Lipinski definition) is 2. The van der Waals surface area contributed by atoms with E-state index in [1.54, 1.807) is 0 Å². The van der Waals surface area contributed by atoms with Crippen LogP contribution >= 0.6 is 0 Å². The molecule has 0 aromatic carbocycles. The molecule has 1 aliphatic carbocycles. The van der Waals surface area contributed by atoms with E-state index in [9.17, 15) is 0 Å². The third kappa shape index (κ3) is 1.73. The molecule has 11 heavy (non-hydrogen) atoms. The molecular weight excluding hydrogens is 136 g/mol. The molecule has 0 aromatic rings. The summed E-state index contributed by atoms with van der Waals surface area (Å²) in [6.07, 6.45) is 3.85. The minimum atomic E-state index is 0.943. The zero-order chi connectivity index (χ0) is 7.68. The van der Waals surface area contributed by atoms with Crippen molar-refractivity contribution in [3.63, 3.8) is 0 Å². The maximum Gasteiger partial charge on any atom is 0.0963 e. The fourth-order valence-electron chi connectivity index (χ4n) is 1.62. The molecule has 0 radical (unpaired) electrons. The van der Waals surface area contributed by atoms with Gasteiger partial charge in [-0.2, -0.15) is 0 Å². The van der Waals surface area contributed by atoms with Gasteiger partial charge in [0, 0.05) is 19.5 Å². The molecule has 2 aliphatic rings. The number of amidine groups is 1. The van der Waals surface area contributed by atoms with Crippen molar-refractivity contribution < 1.29 is 0 Å². The Labute approximate surface area is 68.1 Å². The standard InChI is InChI=1S/C9H16N2/c1-7-5-8(7)6-11-9-3-2-4-10-9/h7-8H,2-6H2,1H3,(H,10,11). The SMILES string of the molecule is CC1CC1CNC1=NCCC1. The van der Waals surface area contributed by atoms with Crippen molar-refractivity contribution in [3.8, 4) is 0 Å². The molecule has 0 saturated heterocycles. The lowest BCUT2D eigenvalue weighted by Gasteiger charge is -2.03. The van der Waals surface area contributed by atoms with Crippen molar-refractivity contribution in [3.05, 3.63) is 0 Å². The van der Waals surface area contributed by atoms with Crippen LogP contribution in [-0.2, 0) is 0 Å². The molecule has 2 heteroatoms. The monoisotopic (exact) mass is 152 g/mol. The normalized spacial score (nSPS) is 35.2. The van der Waals surface area contributed by atoms with Gasteiger partial charge in [-0.25, -0.2) is 0 Å². The highest BCUT2D eigenvalue weighted by atomic mass is 15.0. The van der Waals surface area contributed by atoms with Gasteiger partial charge in [0.05, 0.1) is 5.84 Å². The summed E-state index contributed by atoms with van der Waals surface area (Å²) >= 11 is 0. The van der Waals surface area contributed by atoms with Gasteiger partial charge >= 0.3 is 0 Å². The fraction of sp³-hybridized carbons (Fsp3) is 0.889. The van der Waals surface area contributed by atoms with Gasteiger partial charge in [0.1, 0.15) is 0 Å². The number of nitrogens with one attached hydrogen (secondary N) is 1. The van der Waals surface area contributed by atoms with E-state index in [2.05, 4.69) is 17.2 Å². The lowest BCUT2D eigenvalue weighted by molar-refractivity contribution is 0.708. The van der Waals surface area contributed by atoms with E-state index in [4.69, 9.17) is 0 Å². The van der Waals surface area contributed by atoms with Crippen LogP contribution in [-0.4, -0.2) is 18.9 Å². The molecule has 62 valence electrons. The Kier molecular flexibility index (Phi) is 1.84. The van der Waals surface area contributed by atoms with Crippen molar-refractivity contribution in [2.75, 3.05) is 13.1 Å². The van der Waals surface area contributed by atoms with Crippen molar-refractivity contribution in [2.45, 2.75) is 26.2 Å². The van der Waals surface area contributed by atoms with E-state index in [-0.39, 0.29) is 0 Å². The number of nitrogens with zero attached hydrogens (tertiary/aromatic N) is 1. The smallest absolute Gasteiger partial charge is 0.0963 e. The molecule has 0 spiro atoms. The average molecular weight is 152 g/mol. The second-order valence-electron chi connectivity index (χ2n) is 3.79. The van der Waals surface area contributed by atoms with Gasteiger partial charge in [0.25, 0.3) is 0 Å². The molecule has 2 rings (SSSR count). The second-order valence-corrected chi connectivity index (χ2v) is 3.79. The lowest BCUT2D eigenvalue weighted by Crippen LogP contribution is -2.23. The maximum absolute atomic E-state index is 4.37. The molecule has 2 unspecified atom stereocenters. The van der Waals surface area contributed by atoms with Crippen LogP contribution in [0.5, 0.6) is 0 Å². The third-order valence-corrected chi connectivity index (χ3v) is 2.72. The van der Waals surface area contributed by atoms with Crippen LogP contribution in [0.2, 0.25) is 0 Å². The summed E-state index contributed by atoms with van der Waals surface area (Å²) in [7, 11) is 0. The van der Waals surface area contributed by atoms with Crippen LogP contribution in [0.4, 0.5) is 0 Å². The summed E-state index contributed by atoms with van der Waals surface area (Å²) in [5, 5.41) is 3.42. The van der Waals surface area contributed by atoms with Gasteiger partial charge in [-0.3, -0.25) is 4.99 Å². The van der Waals surface area contributed by atoms with Gasteiger partial charge in [-0.1, -0.05) is 6.92 Å². The quantitative estimate of drug-likeness (QED) is 0.636. The Morgan fingerprint density at radius 2 is 2.45 bits per heavy atom. The van der Waals surface area contributed by atoms with Crippen molar-refractivity contribution in [1.82, 2.24) is 5.32 Å². The molecule has 1 N–H and O–H groups in total. The largest absolute Gasteiger partial charge is 0.374 e. The number of hydrogen-bond donors (Lipinski definition) is 1. The Balaban J connectivity index is 1.66. The highest BCUT2D eigenvalue weighted by molar-refractivity contribution is 5.83. The van der Waals surface area contributed by atoms with Crippen LogP contribution in [0.15, 0.2) is 4.99 Å². The molecule has 2 nitrogen and oxygen atoms in total. The highest BCUT2D eigenvalue weighted by Crippen LogP contribution is 2.36. The Morgan fingerprint density at radius 1 is 1.64 bits per heavy atom. The maximum atomic E-state index is 4.37. The van der Waals surface area contributed by atoms with E-state index in [0.29, 0.717) is 0 Å². The molecule has 0 aromatic heterocycles. The van der Waals surface area contributed by atoms with Crippen LogP contribution < -0.4 is 5.32 Å². The molecule has 0 bridgehead atoms. The molecule has 2 atom stereocenters. The molecule has 1 aliphatic heterocycles. The van der Waals surface area contributed by atoms with E-state index in [1.165, 1.54) is 31.6 Å². The average Bonchev–Trinajstić information content (AvgIpc) is 2.55. The Bertz CT molecular complexity index is 174. The summed E-state index contributed by atoms with van der Waals surface area (Å²) in [6.45, 7) is 4.53. The summed E-state index contributed by atoms with van der Waals surface area (Å²) in [4.78, 5) is 4.37. The van der Waals surface area contributed by atoms with E-state index in [1.807, 2.05) is 0 Å². The zero-order valence-corrected chi connectivity index (χ0v) is 7.14. The van der Waals surface area contributed by atoms with Crippen LogP contribution in [0.25, 0.3) is 0 Å². The van der Waals surface area contributed by atoms with Gasteiger partial charge in [-0.05, 0) is 24.7 Å². The van der Waals surface area contributed by atoms with E-state index >= 15 is 0 Å². The van der Waals surface area contributed by atoms with Gasteiger partial charge in [0.2, 0.25) is 0 Å². The first kappa shape index (κ1) is 7.14. The van der Waals surface area contributed by atoms with Crippen molar-refractivity contribution in [2.24, 2.45) is 16.8 Å². The minimum absolute atomic E-state index is 0.943. The first-order valence-corrected chi connectivity index (χ1v) is 4.63. The molecule has 1 fully saturated rings. The first-order valence-electron chi connectivity index (χ1n) is 4.63. The Hall–Kier alpha value is -0.530. The van der Waals surface area contributed by atoms with Gasteiger partial charge < -0.3 is 5.32 Å². The minimum Gasteiger partial charge on any atom is -0.374 e. The summed E-state index contributed by atoms with van der Waals surface area (Å²) in [5.41, 5.74) is 0. The van der Waals surface area contributed by atoms with Crippen molar-refractivity contribution >= 4 is 5.84 Å². The number of aliphatic imine (C=N–C) groups is 1. The third-order valence-electron chi connectivity index (χ3n) is 2.72. The molecular formula is C9H16N2. The fourth-order valence-corrected chi connectivity index (χ4v) is 1.62. The summed E-state index contributed by atoms with van der Waals surface area (Å²) < 4.78 is 0. The lowest BCUT2D eigenvalue weighted by atomic mass is 10.3. The number of rotatable bonds is 2. The topological polar surface area (TPSA) is 24.4 Å². The van der Waals surface area contributed by atoms with Crippen LogP contribution in [0.1, 0.15) is 26.2 Å². The molecule has 1 saturated carbocycles. The predicted molar refractivity (Wildman–Crippen MR) is 46.8 cm³/mol. The molecule has 0 amide bonds. The van der Waals surface area contributed by atoms with Gasteiger partial charge in [0.15, 0.2) is 0 Å². The second kappa shape index (κ2) is 2.84. The zero-order valence-electron chi connectivity index (χ0n) is 7.14. The Morgan fingerprint density at radius 3 is 3.00 bits per heavy atom. The summed E-state index contributed by atoms with van der Waals surface area (Å²) in [6, 6.07) is 0. The predicted octanol–water partition coefficient (Wildman–Crippen LogP) is 1.42. The molecule has 1 heterocycles. The summed E-state index contributed by atoms with van der Waals surface area (Å²) in [5.74, 6) is 3.16. The van der Waals surface area contributed by atoms with Crippen LogP contribution in [0, 0.1) is 11.8 Å². The van der Waals surface area contributed by atoms with E-state index in [0.717, 1.165) is 18.4 Å². The van der Waals surface area contributed by atoms with E-state index < -0.39 is 0 Å². The highest BCUT2D eigenvalue weighted by Gasteiger charge is 2.32. The van der Waals surface area contributed by atoms with Gasteiger partial charge in [-0.15, -0.1) is 0 Å². The first-order chi connectivity index (χ1) is 5.36. The van der Waals surface area contributed by atoms with Crippen molar-refractivity contribution in [1.29, 1.82) is 0 Å². The van der Waals surface area contributed by atoms with Crippen LogP contribution in [0.3, 0.4) is 0 Å².